The number of urea groups is 1. The first-order chi connectivity index (χ1) is 11.1. The first-order valence-electron chi connectivity index (χ1n) is 8.47. The van der Waals surface area contributed by atoms with Crippen molar-refractivity contribution in [2.45, 2.75) is 51.0 Å². The summed E-state index contributed by atoms with van der Waals surface area (Å²) in [4.78, 5) is 26.7. The number of hydrogen-bond acceptors (Lipinski definition) is 2. The lowest BCUT2D eigenvalue weighted by Gasteiger charge is -2.28. The summed E-state index contributed by atoms with van der Waals surface area (Å²) in [7, 11) is 0. The van der Waals surface area contributed by atoms with E-state index in [1.54, 1.807) is 12.1 Å². The molecule has 1 unspecified atom stereocenters. The minimum atomic E-state index is -1.06. The van der Waals surface area contributed by atoms with Crippen LogP contribution in [0.5, 0.6) is 0 Å². The van der Waals surface area contributed by atoms with Gasteiger partial charge in [-0.15, -0.1) is 0 Å². The molecule has 124 valence electrons. The predicted molar refractivity (Wildman–Crippen MR) is 85.2 cm³/mol. The normalized spacial score (nSPS) is 25.7. The summed E-state index contributed by atoms with van der Waals surface area (Å²) in [6.45, 7) is 2.36. The van der Waals surface area contributed by atoms with Gasteiger partial charge in [0, 0.05) is 6.54 Å². The van der Waals surface area contributed by atoms with Gasteiger partial charge >= 0.3 is 6.03 Å². The van der Waals surface area contributed by atoms with E-state index in [4.69, 9.17) is 0 Å². The van der Waals surface area contributed by atoms with E-state index in [1.807, 2.05) is 6.92 Å². The Labute approximate surface area is 136 Å². The first kappa shape index (κ1) is 16.0. The van der Waals surface area contributed by atoms with E-state index in [9.17, 15) is 14.0 Å². The number of hydrogen-bond donors (Lipinski definition) is 1. The predicted octanol–water partition coefficient (Wildman–Crippen LogP) is 3.56. The van der Waals surface area contributed by atoms with E-state index in [0.29, 0.717) is 24.4 Å². The lowest BCUT2D eigenvalue weighted by molar-refractivity contribution is -0.132. The third kappa shape index (κ3) is 2.84. The molecule has 0 aromatic heterocycles. The lowest BCUT2D eigenvalue weighted by Crippen LogP contribution is -2.43. The van der Waals surface area contributed by atoms with Crippen LogP contribution in [-0.2, 0) is 10.3 Å². The Bertz CT molecular complexity index is 596. The first-order valence-corrected chi connectivity index (χ1v) is 8.47. The zero-order chi connectivity index (χ0) is 16.4. The van der Waals surface area contributed by atoms with E-state index in [0.717, 1.165) is 12.8 Å². The summed E-state index contributed by atoms with van der Waals surface area (Å²) >= 11 is 0. The minimum Gasteiger partial charge on any atom is -0.319 e. The van der Waals surface area contributed by atoms with Gasteiger partial charge in [0.15, 0.2) is 0 Å². The zero-order valence-electron chi connectivity index (χ0n) is 13.5. The fourth-order valence-electron chi connectivity index (χ4n) is 3.79. The Morgan fingerprint density at radius 2 is 1.83 bits per heavy atom. The molecule has 1 aromatic rings. The molecule has 3 rings (SSSR count). The molecular weight excluding hydrogens is 295 g/mol. The molecule has 1 N–H and O–H groups in total. The average Bonchev–Trinajstić information content (AvgIpc) is 2.82. The Balaban J connectivity index is 1.84. The molecule has 1 aromatic carbocycles. The molecule has 2 aliphatic rings. The molecule has 0 bridgehead atoms. The van der Waals surface area contributed by atoms with Crippen LogP contribution in [0, 0.1) is 11.7 Å². The molecule has 0 radical (unpaired) electrons. The smallest absolute Gasteiger partial charge is 0.319 e. The van der Waals surface area contributed by atoms with Crippen molar-refractivity contribution >= 4 is 11.9 Å². The van der Waals surface area contributed by atoms with Gasteiger partial charge in [0.05, 0.1) is 0 Å². The molecule has 23 heavy (non-hydrogen) atoms. The quantitative estimate of drug-likeness (QED) is 0.863. The lowest BCUT2D eigenvalue weighted by atomic mass is 9.86. The van der Waals surface area contributed by atoms with E-state index >= 15 is 0 Å². The van der Waals surface area contributed by atoms with Crippen LogP contribution in [-0.4, -0.2) is 23.4 Å². The van der Waals surface area contributed by atoms with Gasteiger partial charge in [-0.2, -0.15) is 0 Å². The number of nitrogens with one attached hydrogen (secondary N) is 1. The van der Waals surface area contributed by atoms with Gasteiger partial charge in [0.25, 0.3) is 5.91 Å². The van der Waals surface area contributed by atoms with E-state index in [-0.39, 0.29) is 17.8 Å². The maximum absolute atomic E-state index is 13.2. The van der Waals surface area contributed by atoms with E-state index < -0.39 is 5.54 Å². The highest BCUT2D eigenvalue weighted by Gasteiger charge is 2.51. The third-order valence-corrected chi connectivity index (χ3v) is 5.21. The molecule has 3 amide bonds. The van der Waals surface area contributed by atoms with Crippen molar-refractivity contribution in [1.29, 1.82) is 0 Å². The number of benzene rings is 1. The van der Waals surface area contributed by atoms with Crippen molar-refractivity contribution in [3.63, 3.8) is 0 Å². The van der Waals surface area contributed by atoms with Crippen molar-refractivity contribution < 1.29 is 14.0 Å². The second-order valence-electron chi connectivity index (χ2n) is 6.62. The second-order valence-corrected chi connectivity index (χ2v) is 6.62. The number of amides is 3. The van der Waals surface area contributed by atoms with Crippen molar-refractivity contribution in [2.24, 2.45) is 5.92 Å². The topological polar surface area (TPSA) is 49.4 Å². The Morgan fingerprint density at radius 3 is 2.43 bits per heavy atom. The number of carbonyl (C=O) groups is 2. The van der Waals surface area contributed by atoms with Crippen LogP contribution in [0.25, 0.3) is 0 Å². The number of halogens is 1. The van der Waals surface area contributed by atoms with Crippen molar-refractivity contribution in [3.8, 4) is 0 Å². The van der Waals surface area contributed by atoms with Crippen LogP contribution in [0.15, 0.2) is 24.3 Å². The fraction of sp³-hybridized carbons (Fsp3) is 0.556. The van der Waals surface area contributed by atoms with Gasteiger partial charge in [-0.3, -0.25) is 9.69 Å². The monoisotopic (exact) mass is 318 g/mol. The number of imide groups is 1. The van der Waals surface area contributed by atoms with E-state index in [1.165, 1.54) is 36.3 Å². The fourth-order valence-corrected chi connectivity index (χ4v) is 3.79. The minimum absolute atomic E-state index is 0.206. The van der Waals surface area contributed by atoms with Crippen LogP contribution < -0.4 is 5.32 Å². The average molecular weight is 318 g/mol. The second kappa shape index (κ2) is 6.30. The molecule has 5 heteroatoms. The molecule has 4 nitrogen and oxygen atoms in total. The van der Waals surface area contributed by atoms with Gasteiger partial charge in [-0.25, -0.2) is 9.18 Å². The standard InChI is InChI=1S/C18H23FN2O2/c1-2-18(14-8-10-15(19)11-9-14)16(22)21(17(23)20-18)12-13-6-4-3-5-7-13/h8-11,13H,2-7,12H2,1H3,(H,20,23). The Morgan fingerprint density at radius 1 is 1.17 bits per heavy atom. The maximum atomic E-state index is 13.2. The highest BCUT2D eigenvalue weighted by atomic mass is 19.1. The summed E-state index contributed by atoms with van der Waals surface area (Å²) in [5.74, 6) is -0.155. The van der Waals surface area contributed by atoms with Crippen molar-refractivity contribution in [1.82, 2.24) is 10.2 Å². The van der Waals surface area contributed by atoms with Crippen LogP contribution in [0.1, 0.15) is 51.0 Å². The summed E-state index contributed by atoms with van der Waals surface area (Å²) in [6.07, 6.45) is 6.19. The van der Waals surface area contributed by atoms with Crippen LogP contribution in [0.3, 0.4) is 0 Å². The van der Waals surface area contributed by atoms with Crippen LogP contribution >= 0.6 is 0 Å². The molecule has 1 aliphatic heterocycles. The Hall–Kier alpha value is -1.91. The van der Waals surface area contributed by atoms with Gasteiger partial charge in [0.1, 0.15) is 11.4 Å². The SMILES string of the molecule is CCC1(c2ccc(F)cc2)NC(=O)N(CC2CCCCC2)C1=O. The van der Waals surface area contributed by atoms with Crippen molar-refractivity contribution in [2.75, 3.05) is 6.54 Å². The summed E-state index contributed by atoms with van der Waals surface area (Å²) in [6, 6.07) is 5.50. The molecule has 2 fully saturated rings. The molecule has 1 atom stereocenters. The van der Waals surface area contributed by atoms with Gasteiger partial charge in [-0.05, 0) is 42.9 Å². The summed E-state index contributed by atoms with van der Waals surface area (Å²) in [5, 5.41) is 2.86. The summed E-state index contributed by atoms with van der Waals surface area (Å²) < 4.78 is 13.2. The van der Waals surface area contributed by atoms with Crippen molar-refractivity contribution in [3.05, 3.63) is 35.6 Å². The third-order valence-electron chi connectivity index (χ3n) is 5.21. The highest BCUT2D eigenvalue weighted by molar-refractivity contribution is 6.07. The van der Waals surface area contributed by atoms with E-state index in [2.05, 4.69) is 5.32 Å². The molecule has 1 saturated carbocycles. The van der Waals surface area contributed by atoms with Gasteiger partial charge < -0.3 is 5.32 Å². The zero-order valence-corrected chi connectivity index (χ0v) is 13.5. The number of nitrogens with zero attached hydrogens (tertiary/aromatic N) is 1. The maximum Gasteiger partial charge on any atom is 0.325 e. The highest BCUT2D eigenvalue weighted by Crippen LogP contribution is 2.34. The van der Waals surface area contributed by atoms with Crippen LogP contribution in [0.2, 0.25) is 0 Å². The molecule has 0 spiro atoms. The number of carbonyl (C=O) groups excluding carboxylic acids is 2. The van der Waals surface area contributed by atoms with Gasteiger partial charge in [-0.1, -0.05) is 38.3 Å². The number of rotatable bonds is 4. The molecule has 1 heterocycles. The largest absolute Gasteiger partial charge is 0.325 e. The van der Waals surface area contributed by atoms with Crippen LogP contribution in [0.4, 0.5) is 9.18 Å². The molecular formula is C18H23FN2O2. The molecule has 1 saturated heterocycles. The Kier molecular flexibility index (Phi) is 4.37. The molecule has 1 aliphatic carbocycles. The summed E-state index contributed by atoms with van der Waals surface area (Å²) in [5.41, 5.74) is -0.412. The van der Waals surface area contributed by atoms with Gasteiger partial charge in [0.2, 0.25) is 0 Å².